The monoisotopic (exact) mass is 339 g/mol. The van der Waals surface area contributed by atoms with E-state index in [2.05, 4.69) is 29.7 Å². The summed E-state index contributed by atoms with van der Waals surface area (Å²) in [5.74, 6) is -1.01. The fourth-order valence-electron chi connectivity index (χ4n) is 2.06. The summed E-state index contributed by atoms with van der Waals surface area (Å²) in [7, 11) is 0. The Morgan fingerprint density at radius 1 is 1.04 bits per heavy atom. The van der Waals surface area contributed by atoms with Crippen LogP contribution in [0.15, 0.2) is 53.6 Å². The van der Waals surface area contributed by atoms with Crippen molar-refractivity contribution in [1.82, 2.24) is 10.7 Å². The van der Waals surface area contributed by atoms with E-state index < -0.39 is 11.8 Å². The second-order valence-electron chi connectivity index (χ2n) is 5.87. The number of hydrogen-bond acceptors (Lipinski definition) is 4. The van der Waals surface area contributed by atoms with Crippen molar-refractivity contribution in [3.63, 3.8) is 0 Å². The smallest absolute Gasteiger partial charge is 0.329 e. The Bertz CT molecular complexity index is 750. The number of rotatable bonds is 5. The van der Waals surface area contributed by atoms with Gasteiger partial charge in [-0.2, -0.15) is 5.10 Å². The van der Waals surface area contributed by atoms with E-state index in [1.165, 1.54) is 23.9 Å². The molecule has 0 bridgehead atoms. The summed E-state index contributed by atoms with van der Waals surface area (Å²) in [6.45, 7) is 4.49. The predicted molar refractivity (Wildman–Crippen MR) is 96.2 cm³/mol. The zero-order valence-electron chi connectivity index (χ0n) is 14.2. The maximum atomic E-state index is 11.7. The van der Waals surface area contributed by atoms with E-state index >= 15 is 0 Å². The first-order valence-electron chi connectivity index (χ1n) is 7.95. The van der Waals surface area contributed by atoms with Gasteiger partial charge < -0.3 is 10.4 Å². The molecule has 0 aromatic heterocycles. The van der Waals surface area contributed by atoms with Gasteiger partial charge in [0.1, 0.15) is 5.75 Å². The van der Waals surface area contributed by atoms with Crippen LogP contribution in [0.5, 0.6) is 5.75 Å². The molecule has 0 heterocycles. The molecular weight excluding hydrogens is 318 g/mol. The highest BCUT2D eigenvalue weighted by Crippen LogP contribution is 2.14. The van der Waals surface area contributed by atoms with Crippen molar-refractivity contribution in [2.45, 2.75) is 26.3 Å². The van der Waals surface area contributed by atoms with Gasteiger partial charge in [0.2, 0.25) is 0 Å². The zero-order valence-corrected chi connectivity index (χ0v) is 14.2. The first kappa shape index (κ1) is 18.2. The number of phenolic OH excluding ortho intramolecular Hbond substituents is 1. The summed E-state index contributed by atoms with van der Waals surface area (Å²) in [6.07, 6.45) is 1.38. The highest BCUT2D eigenvalue weighted by atomic mass is 16.3. The van der Waals surface area contributed by atoms with Crippen LogP contribution in [0, 0.1) is 0 Å². The maximum absolute atomic E-state index is 11.7. The molecule has 6 heteroatoms. The molecule has 2 aromatic rings. The molecule has 0 saturated heterocycles. The van der Waals surface area contributed by atoms with Crippen molar-refractivity contribution < 1.29 is 14.7 Å². The van der Waals surface area contributed by atoms with Crippen LogP contribution in [0.3, 0.4) is 0 Å². The molecule has 6 nitrogen and oxygen atoms in total. The van der Waals surface area contributed by atoms with E-state index in [9.17, 15) is 14.7 Å². The number of benzene rings is 2. The molecule has 0 radical (unpaired) electrons. The van der Waals surface area contributed by atoms with E-state index in [-0.39, 0.29) is 12.3 Å². The molecule has 0 aliphatic carbocycles. The Balaban J connectivity index is 1.79. The predicted octanol–water partition coefficient (Wildman–Crippen LogP) is 2.28. The number of nitrogens with zero attached hydrogens (tertiary/aromatic N) is 1. The Labute approximate surface area is 146 Å². The number of carbonyl (C=O) groups excluding carboxylic acids is 2. The molecule has 2 amide bonds. The minimum absolute atomic E-state index is 0.141. The van der Waals surface area contributed by atoms with Gasteiger partial charge in [0, 0.05) is 6.54 Å². The number of hydrogen-bond donors (Lipinski definition) is 3. The number of amides is 2. The molecule has 0 unspecified atom stereocenters. The molecule has 2 aromatic carbocycles. The van der Waals surface area contributed by atoms with Gasteiger partial charge in [-0.05, 0) is 46.9 Å². The topological polar surface area (TPSA) is 90.8 Å². The lowest BCUT2D eigenvalue weighted by atomic mass is 10.0. The molecule has 0 spiro atoms. The van der Waals surface area contributed by atoms with Gasteiger partial charge in [0.25, 0.3) is 0 Å². The lowest BCUT2D eigenvalue weighted by Crippen LogP contribution is -2.37. The number of carbonyl (C=O) groups is 2. The van der Waals surface area contributed by atoms with Gasteiger partial charge in [-0.1, -0.05) is 38.1 Å². The van der Waals surface area contributed by atoms with Crippen LogP contribution >= 0.6 is 0 Å². The third-order valence-electron chi connectivity index (χ3n) is 3.58. The van der Waals surface area contributed by atoms with E-state index in [1.54, 1.807) is 12.1 Å². The van der Waals surface area contributed by atoms with Crippen molar-refractivity contribution in [2.75, 3.05) is 0 Å². The lowest BCUT2D eigenvalue weighted by Gasteiger charge is -2.07. The fourth-order valence-corrected chi connectivity index (χ4v) is 2.06. The summed E-state index contributed by atoms with van der Waals surface area (Å²) in [6, 6.07) is 14.1. The van der Waals surface area contributed by atoms with Gasteiger partial charge in [-0.3, -0.25) is 9.59 Å². The van der Waals surface area contributed by atoms with E-state index in [1.807, 2.05) is 24.3 Å². The Morgan fingerprint density at radius 2 is 1.68 bits per heavy atom. The maximum Gasteiger partial charge on any atom is 0.329 e. The highest BCUT2D eigenvalue weighted by molar-refractivity contribution is 6.35. The molecule has 0 aliphatic rings. The third-order valence-corrected chi connectivity index (χ3v) is 3.58. The average molecular weight is 339 g/mol. The van der Waals surface area contributed by atoms with E-state index in [0.29, 0.717) is 11.5 Å². The fraction of sp³-hybridized carbons (Fsp3) is 0.211. The molecule has 0 saturated carbocycles. The summed E-state index contributed by atoms with van der Waals surface area (Å²) in [5, 5.41) is 15.4. The highest BCUT2D eigenvalue weighted by Gasteiger charge is 2.11. The largest absolute Gasteiger partial charge is 0.508 e. The second-order valence-corrected chi connectivity index (χ2v) is 5.87. The lowest BCUT2D eigenvalue weighted by molar-refractivity contribution is -0.139. The minimum Gasteiger partial charge on any atom is -0.508 e. The van der Waals surface area contributed by atoms with Gasteiger partial charge in [-0.25, -0.2) is 5.43 Å². The Hall–Kier alpha value is -3.15. The van der Waals surface area contributed by atoms with Crippen LogP contribution < -0.4 is 10.7 Å². The third kappa shape index (κ3) is 5.76. The van der Waals surface area contributed by atoms with Gasteiger partial charge >= 0.3 is 11.8 Å². The van der Waals surface area contributed by atoms with Crippen LogP contribution in [-0.4, -0.2) is 23.1 Å². The van der Waals surface area contributed by atoms with Crippen LogP contribution in [0.1, 0.15) is 36.5 Å². The summed E-state index contributed by atoms with van der Waals surface area (Å²) < 4.78 is 0. The van der Waals surface area contributed by atoms with Crippen molar-refractivity contribution in [1.29, 1.82) is 0 Å². The molecule has 3 N–H and O–H groups in total. The number of phenols is 1. The van der Waals surface area contributed by atoms with Crippen LogP contribution in [-0.2, 0) is 16.1 Å². The molecular formula is C19H21N3O3. The molecule has 25 heavy (non-hydrogen) atoms. The van der Waals surface area contributed by atoms with Crippen molar-refractivity contribution in [3.05, 3.63) is 65.2 Å². The molecule has 2 rings (SSSR count). The number of nitrogens with one attached hydrogen (secondary N) is 2. The molecule has 130 valence electrons. The van der Waals surface area contributed by atoms with E-state index in [0.717, 1.165) is 5.56 Å². The van der Waals surface area contributed by atoms with Crippen molar-refractivity contribution in [3.8, 4) is 5.75 Å². The van der Waals surface area contributed by atoms with Crippen molar-refractivity contribution >= 4 is 18.0 Å². The Morgan fingerprint density at radius 3 is 2.28 bits per heavy atom. The molecule has 0 fully saturated rings. The zero-order chi connectivity index (χ0) is 18.2. The summed E-state index contributed by atoms with van der Waals surface area (Å²) in [5.41, 5.74) is 4.98. The quantitative estimate of drug-likeness (QED) is 0.443. The van der Waals surface area contributed by atoms with Gasteiger partial charge in [0.05, 0.1) is 6.21 Å². The van der Waals surface area contributed by atoms with Crippen LogP contribution in [0.2, 0.25) is 0 Å². The van der Waals surface area contributed by atoms with Gasteiger partial charge in [0.15, 0.2) is 0 Å². The molecule has 0 aliphatic heterocycles. The standard InChI is InChI=1S/C19H21N3O3/c1-13(2)16-7-3-14(4-8-16)11-20-18(24)19(25)22-21-12-15-5-9-17(23)10-6-15/h3-10,12-13,23H,11H2,1-2H3,(H,20,24)(H,22,25)/b21-12+. The average Bonchev–Trinajstić information content (AvgIpc) is 2.61. The normalized spacial score (nSPS) is 10.8. The second kappa shape index (κ2) is 8.63. The first-order valence-corrected chi connectivity index (χ1v) is 7.95. The molecule has 0 atom stereocenters. The summed E-state index contributed by atoms with van der Waals surface area (Å²) >= 11 is 0. The van der Waals surface area contributed by atoms with Gasteiger partial charge in [-0.15, -0.1) is 0 Å². The van der Waals surface area contributed by atoms with Crippen LogP contribution in [0.25, 0.3) is 0 Å². The SMILES string of the molecule is CC(C)c1ccc(CNC(=O)C(=O)N/N=C/c2ccc(O)cc2)cc1. The first-order chi connectivity index (χ1) is 12.0. The number of hydrazone groups is 1. The number of aromatic hydroxyl groups is 1. The van der Waals surface area contributed by atoms with Crippen molar-refractivity contribution in [2.24, 2.45) is 5.10 Å². The summed E-state index contributed by atoms with van der Waals surface area (Å²) in [4.78, 5) is 23.4. The minimum atomic E-state index is -0.839. The van der Waals surface area contributed by atoms with Crippen LogP contribution in [0.4, 0.5) is 0 Å². The Kier molecular flexibility index (Phi) is 6.28. The van der Waals surface area contributed by atoms with E-state index in [4.69, 9.17) is 0 Å².